The zero-order chi connectivity index (χ0) is 7.68. The van der Waals surface area contributed by atoms with Crippen LogP contribution in [-0.2, 0) is 6.42 Å². The van der Waals surface area contributed by atoms with E-state index >= 15 is 0 Å². The molecule has 0 fully saturated rings. The van der Waals surface area contributed by atoms with Gasteiger partial charge in [-0.2, -0.15) is 11.1 Å². The lowest BCUT2D eigenvalue weighted by atomic mass is 10.1. The third kappa shape index (κ3) is 1.26. The lowest BCUT2D eigenvalue weighted by molar-refractivity contribution is 1.29. The van der Waals surface area contributed by atoms with Crippen LogP contribution in [0.5, 0.6) is 0 Å². The van der Waals surface area contributed by atoms with Crippen molar-refractivity contribution in [1.29, 1.82) is 0 Å². The topological polar surface area (TPSA) is 0 Å². The molecule has 0 heterocycles. The molecule has 54 valence electrons. The van der Waals surface area contributed by atoms with Crippen molar-refractivity contribution in [3.05, 3.63) is 40.6 Å². The molecule has 0 aromatic heterocycles. The minimum absolute atomic E-state index is 0.441. The zero-order valence-corrected chi connectivity index (χ0v) is 7.73. The van der Waals surface area contributed by atoms with Crippen LogP contribution in [0, 0.1) is 0 Å². The Kier molecular flexibility index (Phi) is 1.84. The maximum atomic E-state index is 5.76. The van der Waals surface area contributed by atoms with Gasteiger partial charge in [-0.1, -0.05) is 35.5 Å². The lowest BCUT2D eigenvalue weighted by Gasteiger charge is -1.94. The Morgan fingerprint density at radius 3 is 2.82 bits per heavy atom. The molecule has 2 rings (SSSR count). The van der Waals surface area contributed by atoms with Crippen molar-refractivity contribution in [3.8, 4) is 0 Å². The highest BCUT2D eigenvalue weighted by Crippen LogP contribution is 2.23. The molecule has 0 atom stereocenters. The largest absolute Gasteiger partial charge is 0.206 e. The average Bonchev–Trinajstić information content (AvgIpc) is 2.46. The Morgan fingerprint density at radius 1 is 1.27 bits per heavy atom. The summed E-state index contributed by atoms with van der Waals surface area (Å²) in [6.07, 6.45) is 3.25. The second kappa shape index (κ2) is 2.84. The van der Waals surface area contributed by atoms with Gasteiger partial charge in [0, 0.05) is 0 Å². The lowest BCUT2D eigenvalue weighted by Crippen LogP contribution is -1.87. The molecule has 11 heavy (non-hydrogen) atoms. The van der Waals surface area contributed by atoms with Crippen LogP contribution in [0.1, 0.15) is 11.1 Å². The summed E-state index contributed by atoms with van der Waals surface area (Å²) in [6, 6.07) is 8.44. The second-order valence-electron chi connectivity index (χ2n) is 2.64. The molecule has 0 unspecified atom stereocenters. The Labute approximate surface area is 73.4 Å². The summed E-state index contributed by atoms with van der Waals surface area (Å²) >= 11 is 5.76. The van der Waals surface area contributed by atoms with E-state index in [1.807, 2.05) is 0 Å². The van der Waals surface area contributed by atoms with Crippen molar-refractivity contribution in [2.75, 3.05) is 0 Å². The summed E-state index contributed by atoms with van der Waals surface area (Å²) in [5.74, 6) is 0. The Bertz CT molecular complexity index is 304. The molecule has 0 N–H and O–H groups in total. The summed E-state index contributed by atoms with van der Waals surface area (Å²) in [4.78, 5) is 0. The molecule has 2 radical (unpaired) electrons. The molecular weight excluding hydrogens is 172 g/mol. The van der Waals surface area contributed by atoms with Gasteiger partial charge in [0.15, 0.2) is 0 Å². The Morgan fingerprint density at radius 2 is 2.09 bits per heavy atom. The first-order chi connectivity index (χ1) is 5.40. The number of benzene rings is 1. The fraction of sp³-hybridized carbons (Fsp3) is 0.111. The third-order valence-electron chi connectivity index (χ3n) is 1.89. The van der Waals surface area contributed by atoms with Crippen molar-refractivity contribution < 1.29 is 0 Å². The number of fused-ring (bicyclic) bond motifs is 1. The van der Waals surface area contributed by atoms with Gasteiger partial charge < -0.3 is 0 Å². The van der Waals surface area contributed by atoms with Gasteiger partial charge in [-0.25, -0.2) is 0 Å². The first-order valence-electron chi connectivity index (χ1n) is 3.55. The highest BCUT2D eigenvalue weighted by molar-refractivity contribution is 6.98. The number of hydrogen-bond donors (Lipinski definition) is 0. The van der Waals surface area contributed by atoms with Gasteiger partial charge in [0.2, 0.25) is 8.83 Å². The second-order valence-corrected chi connectivity index (χ2v) is 4.04. The SMILES string of the molecule is Cl[Si]C1=Cc2ccccc2C1. The molecule has 1 aliphatic carbocycles. The molecular formula is C9H7ClSi. The van der Waals surface area contributed by atoms with E-state index in [1.165, 1.54) is 16.3 Å². The first kappa shape index (κ1) is 7.13. The standard InChI is InChI=1S/C9H7ClSi/c10-11-9-5-7-3-1-2-4-8(7)6-9/h1-5H,6H2. The summed E-state index contributed by atoms with van der Waals surface area (Å²) in [7, 11) is 0.441. The molecule has 0 nitrogen and oxygen atoms in total. The van der Waals surface area contributed by atoms with Crippen LogP contribution in [0.3, 0.4) is 0 Å². The molecule has 1 aromatic carbocycles. The van der Waals surface area contributed by atoms with E-state index in [1.54, 1.807) is 0 Å². The summed E-state index contributed by atoms with van der Waals surface area (Å²) < 4.78 is 0. The molecule has 1 aliphatic rings. The van der Waals surface area contributed by atoms with Crippen LogP contribution in [-0.4, -0.2) is 8.83 Å². The maximum absolute atomic E-state index is 5.76. The number of rotatable bonds is 1. The number of hydrogen-bond acceptors (Lipinski definition) is 0. The smallest absolute Gasteiger partial charge is 0.165 e. The first-order valence-corrected chi connectivity index (χ1v) is 5.56. The normalized spacial score (nSPS) is 14.5. The summed E-state index contributed by atoms with van der Waals surface area (Å²) in [6.45, 7) is 0. The van der Waals surface area contributed by atoms with E-state index in [0.29, 0.717) is 8.83 Å². The van der Waals surface area contributed by atoms with E-state index < -0.39 is 0 Å². The van der Waals surface area contributed by atoms with Crippen LogP contribution in [0.2, 0.25) is 0 Å². The highest BCUT2D eigenvalue weighted by atomic mass is 35.6. The molecule has 0 saturated heterocycles. The van der Waals surface area contributed by atoms with E-state index in [2.05, 4.69) is 30.3 Å². The van der Waals surface area contributed by atoms with Gasteiger partial charge in [-0.15, -0.1) is 0 Å². The maximum Gasteiger partial charge on any atom is 0.206 e. The predicted octanol–water partition coefficient (Wildman–Crippen LogP) is 2.44. The third-order valence-corrected chi connectivity index (χ3v) is 3.18. The Balaban J connectivity index is 2.39. The van der Waals surface area contributed by atoms with Crippen molar-refractivity contribution in [1.82, 2.24) is 0 Å². The molecule has 0 amide bonds. The van der Waals surface area contributed by atoms with Crippen molar-refractivity contribution in [2.24, 2.45) is 0 Å². The predicted molar refractivity (Wildman–Crippen MR) is 49.7 cm³/mol. The van der Waals surface area contributed by atoms with Crippen LogP contribution >= 0.6 is 11.1 Å². The van der Waals surface area contributed by atoms with Crippen molar-refractivity contribution in [3.63, 3.8) is 0 Å². The summed E-state index contributed by atoms with van der Waals surface area (Å²) in [5, 5.41) is 1.35. The van der Waals surface area contributed by atoms with E-state index in [4.69, 9.17) is 11.1 Å². The molecule has 0 spiro atoms. The van der Waals surface area contributed by atoms with E-state index in [-0.39, 0.29) is 0 Å². The Hall–Kier alpha value is -0.533. The van der Waals surface area contributed by atoms with E-state index in [9.17, 15) is 0 Å². The number of allylic oxidation sites excluding steroid dienone is 1. The van der Waals surface area contributed by atoms with Gasteiger partial charge in [0.1, 0.15) is 0 Å². The van der Waals surface area contributed by atoms with Crippen LogP contribution in [0.4, 0.5) is 0 Å². The molecule has 0 saturated carbocycles. The van der Waals surface area contributed by atoms with Crippen LogP contribution in [0.15, 0.2) is 29.5 Å². The molecule has 1 aromatic rings. The monoisotopic (exact) mass is 178 g/mol. The average molecular weight is 179 g/mol. The quantitative estimate of drug-likeness (QED) is 0.458. The zero-order valence-electron chi connectivity index (χ0n) is 5.97. The fourth-order valence-electron chi connectivity index (χ4n) is 1.34. The van der Waals surface area contributed by atoms with Gasteiger partial charge in [-0.3, -0.25) is 0 Å². The van der Waals surface area contributed by atoms with Crippen LogP contribution < -0.4 is 0 Å². The van der Waals surface area contributed by atoms with Crippen molar-refractivity contribution in [2.45, 2.75) is 6.42 Å². The minimum Gasteiger partial charge on any atom is -0.165 e. The molecule has 0 aliphatic heterocycles. The highest BCUT2D eigenvalue weighted by Gasteiger charge is 2.10. The van der Waals surface area contributed by atoms with Crippen molar-refractivity contribution >= 4 is 26.0 Å². The van der Waals surface area contributed by atoms with Gasteiger partial charge in [0.25, 0.3) is 0 Å². The molecule has 0 bridgehead atoms. The summed E-state index contributed by atoms with van der Waals surface area (Å²) in [5.41, 5.74) is 2.76. The minimum atomic E-state index is 0.441. The fourth-order valence-corrected chi connectivity index (χ4v) is 2.17. The van der Waals surface area contributed by atoms with Gasteiger partial charge >= 0.3 is 0 Å². The van der Waals surface area contributed by atoms with Crippen LogP contribution in [0.25, 0.3) is 6.08 Å². The number of halogens is 1. The van der Waals surface area contributed by atoms with Gasteiger partial charge in [-0.05, 0) is 17.5 Å². The molecule has 2 heteroatoms. The van der Waals surface area contributed by atoms with Gasteiger partial charge in [0.05, 0.1) is 0 Å². The van der Waals surface area contributed by atoms with E-state index in [0.717, 1.165) is 6.42 Å².